The second kappa shape index (κ2) is 11.4. The number of esters is 1. The van der Waals surface area contributed by atoms with Crippen molar-refractivity contribution in [3.8, 4) is 11.1 Å². The molecule has 0 bridgehead atoms. The summed E-state index contributed by atoms with van der Waals surface area (Å²) in [6.07, 6.45) is 0. The molecule has 4 rings (SSSR count). The summed E-state index contributed by atoms with van der Waals surface area (Å²) in [5, 5.41) is 5.43. The Morgan fingerprint density at radius 2 is 1.65 bits per heavy atom. The molecule has 0 saturated carbocycles. The van der Waals surface area contributed by atoms with Crippen molar-refractivity contribution in [1.82, 2.24) is 9.80 Å². The maximum Gasteiger partial charge on any atom is 0.341 e. The van der Waals surface area contributed by atoms with E-state index >= 15 is 0 Å². The molecule has 0 radical (unpaired) electrons. The molecular weight excluding hydrogens is 446 g/mol. The van der Waals surface area contributed by atoms with E-state index in [1.54, 1.807) is 6.92 Å². The van der Waals surface area contributed by atoms with E-state index in [9.17, 15) is 9.59 Å². The summed E-state index contributed by atoms with van der Waals surface area (Å²) in [5.74, 6) is -0.525. The molecule has 1 saturated heterocycles. The molecule has 0 aliphatic carbocycles. The molecule has 1 aliphatic rings. The van der Waals surface area contributed by atoms with E-state index in [1.807, 2.05) is 42.6 Å². The summed E-state index contributed by atoms with van der Waals surface area (Å²) < 4.78 is 5.31. The fourth-order valence-corrected chi connectivity index (χ4v) is 5.09. The number of anilines is 1. The molecule has 2 aromatic carbocycles. The van der Waals surface area contributed by atoms with Crippen LogP contribution in [0.15, 0.2) is 60.0 Å². The summed E-state index contributed by atoms with van der Waals surface area (Å²) in [7, 11) is 0. The molecule has 2 heterocycles. The molecule has 0 unspecified atom stereocenters. The predicted molar refractivity (Wildman–Crippen MR) is 137 cm³/mol. The molecule has 0 spiro atoms. The largest absolute Gasteiger partial charge is 0.462 e. The smallest absolute Gasteiger partial charge is 0.341 e. The molecule has 1 amide bonds. The minimum Gasteiger partial charge on any atom is -0.462 e. The number of piperazine rings is 1. The summed E-state index contributed by atoms with van der Waals surface area (Å²) in [5.41, 5.74) is 4.60. The molecule has 178 valence electrons. The lowest BCUT2D eigenvalue weighted by Crippen LogP contribution is -2.48. The van der Waals surface area contributed by atoms with Gasteiger partial charge in [-0.15, -0.1) is 11.3 Å². The highest BCUT2D eigenvalue weighted by molar-refractivity contribution is 7.15. The van der Waals surface area contributed by atoms with Crippen LogP contribution < -0.4 is 5.32 Å². The van der Waals surface area contributed by atoms with Gasteiger partial charge in [-0.05, 0) is 25.0 Å². The highest BCUT2D eigenvalue weighted by atomic mass is 32.1. The Bertz CT molecular complexity index is 1100. The van der Waals surface area contributed by atoms with E-state index in [0.717, 1.165) is 49.4 Å². The number of thiophene rings is 1. The molecular formula is C27H31N3O3S. The maximum absolute atomic E-state index is 12.9. The van der Waals surface area contributed by atoms with Crippen molar-refractivity contribution in [3.63, 3.8) is 0 Å². The van der Waals surface area contributed by atoms with Crippen LogP contribution in [-0.4, -0.2) is 61.0 Å². The Morgan fingerprint density at radius 3 is 2.32 bits per heavy atom. The van der Waals surface area contributed by atoms with Gasteiger partial charge < -0.3 is 10.1 Å². The second-order valence-corrected chi connectivity index (χ2v) is 9.41. The minimum absolute atomic E-state index is 0.112. The number of ether oxygens (including phenoxy) is 1. The zero-order valence-corrected chi connectivity index (χ0v) is 20.6. The van der Waals surface area contributed by atoms with Crippen LogP contribution >= 0.6 is 11.3 Å². The number of hydrogen-bond donors (Lipinski definition) is 1. The average Bonchev–Trinajstić information content (AvgIpc) is 3.25. The van der Waals surface area contributed by atoms with Gasteiger partial charge in [0.25, 0.3) is 0 Å². The second-order valence-electron chi connectivity index (χ2n) is 8.53. The molecule has 1 N–H and O–H groups in total. The van der Waals surface area contributed by atoms with E-state index in [0.29, 0.717) is 17.1 Å². The first-order chi connectivity index (χ1) is 16.5. The van der Waals surface area contributed by atoms with Crippen LogP contribution in [0.3, 0.4) is 0 Å². The van der Waals surface area contributed by atoms with Gasteiger partial charge in [0.05, 0.1) is 13.2 Å². The number of hydrogen-bond acceptors (Lipinski definition) is 6. The number of rotatable bonds is 8. The summed E-state index contributed by atoms with van der Waals surface area (Å²) in [6, 6.07) is 18.4. The summed E-state index contributed by atoms with van der Waals surface area (Å²) >= 11 is 1.36. The van der Waals surface area contributed by atoms with Gasteiger partial charge in [-0.25, -0.2) is 4.79 Å². The van der Waals surface area contributed by atoms with Gasteiger partial charge in [-0.3, -0.25) is 14.6 Å². The molecule has 0 atom stereocenters. The number of amides is 1. The molecule has 1 aromatic heterocycles. The molecule has 1 aliphatic heterocycles. The topological polar surface area (TPSA) is 61.9 Å². The number of nitrogens with zero attached hydrogens (tertiary/aromatic N) is 2. The molecule has 3 aromatic rings. The van der Waals surface area contributed by atoms with E-state index in [2.05, 4.69) is 39.4 Å². The van der Waals surface area contributed by atoms with Gasteiger partial charge >= 0.3 is 5.97 Å². The van der Waals surface area contributed by atoms with Crippen LogP contribution in [0, 0.1) is 6.92 Å². The monoisotopic (exact) mass is 477 g/mol. The third-order valence-corrected chi connectivity index (χ3v) is 6.86. The zero-order chi connectivity index (χ0) is 23.9. The number of aryl methyl sites for hydroxylation is 1. The first kappa shape index (κ1) is 24.1. The van der Waals surface area contributed by atoms with Gasteiger partial charge in [0.15, 0.2) is 0 Å². The molecule has 7 heteroatoms. The highest BCUT2D eigenvalue weighted by Crippen LogP contribution is 2.36. The Labute approximate surface area is 205 Å². The van der Waals surface area contributed by atoms with E-state index in [1.165, 1.54) is 16.9 Å². The fourth-order valence-electron chi connectivity index (χ4n) is 4.12. The van der Waals surface area contributed by atoms with Crippen molar-refractivity contribution >= 4 is 28.2 Å². The summed E-state index contributed by atoms with van der Waals surface area (Å²) in [6.45, 7) is 8.85. The Balaban J connectivity index is 1.38. The van der Waals surface area contributed by atoms with Crippen LogP contribution in [0.25, 0.3) is 11.1 Å². The van der Waals surface area contributed by atoms with Crippen molar-refractivity contribution in [3.05, 3.63) is 76.7 Å². The lowest BCUT2D eigenvalue weighted by atomic mass is 10.0. The van der Waals surface area contributed by atoms with E-state index in [4.69, 9.17) is 4.74 Å². The van der Waals surface area contributed by atoms with Crippen molar-refractivity contribution in [2.45, 2.75) is 20.4 Å². The Morgan fingerprint density at radius 1 is 0.971 bits per heavy atom. The van der Waals surface area contributed by atoms with Gasteiger partial charge in [0.1, 0.15) is 10.6 Å². The molecule has 6 nitrogen and oxygen atoms in total. The Hall–Kier alpha value is -3.00. The van der Waals surface area contributed by atoms with Crippen LogP contribution in [0.4, 0.5) is 5.00 Å². The van der Waals surface area contributed by atoms with Crippen LogP contribution in [0.5, 0.6) is 0 Å². The van der Waals surface area contributed by atoms with E-state index in [-0.39, 0.29) is 12.5 Å². The normalized spacial score (nSPS) is 14.6. The van der Waals surface area contributed by atoms with Gasteiger partial charge in [-0.2, -0.15) is 0 Å². The third kappa shape index (κ3) is 6.11. The number of carbonyl (C=O) groups excluding carboxylic acids is 2. The van der Waals surface area contributed by atoms with Gasteiger partial charge in [0, 0.05) is 43.7 Å². The van der Waals surface area contributed by atoms with Crippen LogP contribution in [0.2, 0.25) is 0 Å². The SMILES string of the molecule is CCOC(=O)c1c(-c2ccc(C)cc2)csc1NC(=O)CN1CCN(Cc2ccccc2)CC1. The minimum atomic E-state index is -0.413. The first-order valence-electron chi connectivity index (χ1n) is 11.7. The number of carbonyl (C=O) groups is 2. The number of nitrogens with one attached hydrogen (secondary N) is 1. The number of benzene rings is 2. The predicted octanol–water partition coefficient (Wildman–Crippen LogP) is 4.66. The lowest BCUT2D eigenvalue weighted by Gasteiger charge is -2.34. The summed E-state index contributed by atoms with van der Waals surface area (Å²) in [4.78, 5) is 30.2. The van der Waals surface area contributed by atoms with Gasteiger partial charge in [-0.1, -0.05) is 60.2 Å². The average molecular weight is 478 g/mol. The van der Waals surface area contributed by atoms with Gasteiger partial charge in [0.2, 0.25) is 5.91 Å². The van der Waals surface area contributed by atoms with E-state index < -0.39 is 5.97 Å². The van der Waals surface area contributed by atoms with Crippen molar-refractivity contribution < 1.29 is 14.3 Å². The standard InChI is InChI=1S/C27H31N3O3S/c1-3-33-27(32)25-23(22-11-9-20(2)10-12-22)19-34-26(25)28-24(31)18-30-15-13-29(14-16-30)17-21-7-5-4-6-8-21/h4-12,19H,3,13-18H2,1-2H3,(H,28,31). The highest BCUT2D eigenvalue weighted by Gasteiger charge is 2.24. The first-order valence-corrected chi connectivity index (χ1v) is 12.6. The molecule has 1 fully saturated rings. The third-order valence-electron chi connectivity index (χ3n) is 5.97. The van der Waals surface area contributed by atoms with Crippen molar-refractivity contribution in [2.24, 2.45) is 0 Å². The molecule has 34 heavy (non-hydrogen) atoms. The maximum atomic E-state index is 12.9. The quantitative estimate of drug-likeness (QED) is 0.478. The lowest BCUT2D eigenvalue weighted by molar-refractivity contribution is -0.117. The zero-order valence-electron chi connectivity index (χ0n) is 19.8. The van der Waals surface area contributed by atoms with Crippen LogP contribution in [0.1, 0.15) is 28.4 Å². The van der Waals surface area contributed by atoms with Crippen molar-refractivity contribution in [2.75, 3.05) is 44.6 Å². The van der Waals surface area contributed by atoms with Crippen molar-refractivity contribution in [1.29, 1.82) is 0 Å². The Kier molecular flexibility index (Phi) is 8.11. The fraction of sp³-hybridized carbons (Fsp3) is 0.333. The van der Waals surface area contributed by atoms with Crippen LogP contribution in [-0.2, 0) is 16.1 Å².